The third-order valence-corrected chi connectivity index (χ3v) is 5.47. The van der Waals surface area contributed by atoms with E-state index < -0.39 is 16.0 Å². The van der Waals surface area contributed by atoms with Gasteiger partial charge in [0.2, 0.25) is 0 Å². The van der Waals surface area contributed by atoms with Gasteiger partial charge < -0.3 is 9.84 Å². The molecule has 144 valence electrons. The first-order valence-electron chi connectivity index (χ1n) is 8.46. The van der Waals surface area contributed by atoms with Crippen LogP contribution in [0.3, 0.4) is 0 Å². The van der Waals surface area contributed by atoms with Crippen molar-refractivity contribution in [2.75, 3.05) is 4.72 Å². The van der Waals surface area contributed by atoms with Crippen LogP contribution in [0.5, 0.6) is 11.5 Å². The van der Waals surface area contributed by atoms with Gasteiger partial charge in [0.05, 0.1) is 16.1 Å². The Kier molecular flexibility index (Phi) is 5.37. The Balaban J connectivity index is 1.79. The van der Waals surface area contributed by atoms with E-state index in [4.69, 9.17) is 9.84 Å². The van der Waals surface area contributed by atoms with Gasteiger partial charge in [0, 0.05) is 0 Å². The van der Waals surface area contributed by atoms with Gasteiger partial charge in [-0.15, -0.1) is 0 Å². The fourth-order valence-electron chi connectivity index (χ4n) is 2.57. The summed E-state index contributed by atoms with van der Waals surface area (Å²) in [6, 6.07) is 17.5. The fourth-order valence-corrected chi connectivity index (χ4v) is 3.69. The molecular weight excluding hydrogens is 378 g/mol. The van der Waals surface area contributed by atoms with Gasteiger partial charge in [-0.05, 0) is 73.5 Å². The van der Waals surface area contributed by atoms with Crippen molar-refractivity contribution in [1.82, 2.24) is 0 Å². The van der Waals surface area contributed by atoms with Crippen molar-refractivity contribution in [3.63, 3.8) is 0 Å². The molecule has 0 atom stereocenters. The van der Waals surface area contributed by atoms with Crippen molar-refractivity contribution in [2.24, 2.45) is 0 Å². The summed E-state index contributed by atoms with van der Waals surface area (Å²) in [7, 11) is -3.74. The first-order valence-corrected chi connectivity index (χ1v) is 9.94. The molecule has 0 aliphatic rings. The van der Waals surface area contributed by atoms with Crippen molar-refractivity contribution in [2.45, 2.75) is 18.7 Å². The average Bonchev–Trinajstić information content (AvgIpc) is 2.65. The Labute approximate surface area is 163 Å². The molecule has 0 unspecified atom stereocenters. The first-order chi connectivity index (χ1) is 13.2. The van der Waals surface area contributed by atoms with Gasteiger partial charge in [0.1, 0.15) is 11.5 Å². The minimum atomic E-state index is -3.74. The summed E-state index contributed by atoms with van der Waals surface area (Å²) in [6.07, 6.45) is 0. The average molecular weight is 397 g/mol. The van der Waals surface area contributed by atoms with Gasteiger partial charge in [-0.25, -0.2) is 13.2 Å². The minimum absolute atomic E-state index is 0.0973. The van der Waals surface area contributed by atoms with Crippen LogP contribution < -0.4 is 9.46 Å². The third kappa shape index (κ3) is 4.50. The van der Waals surface area contributed by atoms with Crippen molar-refractivity contribution < 1.29 is 23.1 Å². The highest BCUT2D eigenvalue weighted by Gasteiger charge is 2.15. The van der Waals surface area contributed by atoms with Gasteiger partial charge in [0.15, 0.2) is 0 Å². The largest absolute Gasteiger partial charge is 0.478 e. The molecule has 3 aromatic carbocycles. The molecular formula is C21H19NO5S. The second kappa shape index (κ2) is 7.74. The summed E-state index contributed by atoms with van der Waals surface area (Å²) in [6.45, 7) is 3.72. The molecule has 7 heteroatoms. The van der Waals surface area contributed by atoms with Gasteiger partial charge >= 0.3 is 5.97 Å². The van der Waals surface area contributed by atoms with Gasteiger partial charge in [-0.2, -0.15) is 0 Å². The van der Waals surface area contributed by atoms with Gasteiger partial charge in [-0.3, -0.25) is 4.72 Å². The monoisotopic (exact) mass is 397 g/mol. The predicted octanol–water partition coefficient (Wildman–Crippen LogP) is 4.59. The second-order valence-corrected chi connectivity index (χ2v) is 8.01. The number of nitrogens with one attached hydrogen (secondary N) is 1. The lowest BCUT2D eigenvalue weighted by Crippen LogP contribution is -2.13. The number of carboxylic acid groups (broad SMARTS) is 1. The van der Waals surface area contributed by atoms with Crippen molar-refractivity contribution >= 4 is 21.7 Å². The molecule has 0 aliphatic carbocycles. The highest BCUT2D eigenvalue weighted by atomic mass is 32.2. The van der Waals surface area contributed by atoms with E-state index in [0.717, 1.165) is 11.1 Å². The number of sulfonamides is 1. The molecule has 0 amide bonds. The molecule has 0 saturated carbocycles. The molecule has 0 spiro atoms. The number of hydrogen-bond acceptors (Lipinski definition) is 4. The number of aromatic carboxylic acids is 1. The smallest absolute Gasteiger partial charge is 0.335 e. The third-order valence-electron chi connectivity index (χ3n) is 4.09. The number of benzene rings is 3. The van der Waals surface area contributed by atoms with Crippen LogP contribution >= 0.6 is 0 Å². The van der Waals surface area contributed by atoms with Crippen LogP contribution in [0.15, 0.2) is 71.6 Å². The van der Waals surface area contributed by atoms with Crippen LogP contribution in [0.4, 0.5) is 5.69 Å². The predicted molar refractivity (Wildman–Crippen MR) is 107 cm³/mol. The summed E-state index contributed by atoms with van der Waals surface area (Å²) >= 11 is 0. The highest BCUT2D eigenvalue weighted by molar-refractivity contribution is 7.92. The molecule has 0 heterocycles. The molecule has 2 N–H and O–H groups in total. The van der Waals surface area contributed by atoms with Gasteiger partial charge in [0.25, 0.3) is 10.0 Å². The van der Waals surface area contributed by atoms with Crippen LogP contribution in [0.25, 0.3) is 0 Å². The molecule has 3 aromatic rings. The Morgan fingerprint density at radius 1 is 0.929 bits per heavy atom. The zero-order chi connectivity index (χ0) is 20.3. The SMILES string of the molecule is Cc1ccc(C)c(NS(=O)(=O)c2ccc(Oc3cccc(C(=O)O)c3)cc2)c1. The van der Waals surface area contributed by atoms with E-state index in [1.807, 2.05) is 26.0 Å². The van der Waals surface area contributed by atoms with Crippen molar-refractivity contribution in [3.05, 3.63) is 83.4 Å². The maximum atomic E-state index is 12.6. The lowest BCUT2D eigenvalue weighted by atomic mass is 10.1. The topological polar surface area (TPSA) is 92.7 Å². The number of ether oxygens (including phenoxy) is 1. The number of rotatable bonds is 6. The van der Waals surface area contributed by atoms with Crippen LogP contribution in [0.1, 0.15) is 21.5 Å². The van der Waals surface area contributed by atoms with Crippen molar-refractivity contribution in [3.8, 4) is 11.5 Å². The summed E-state index contributed by atoms with van der Waals surface area (Å²) in [5.74, 6) is -0.304. The van der Waals surface area contributed by atoms with E-state index in [1.165, 1.54) is 36.4 Å². The maximum absolute atomic E-state index is 12.6. The lowest BCUT2D eigenvalue weighted by Gasteiger charge is -2.12. The van der Waals surface area contributed by atoms with E-state index in [0.29, 0.717) is 17.2 Å². The number of hydrogen-bond donors (Lipinski definition) is 2. The molecule has 6 nitrogen and oxygen atoms in total. The summed E-state index contributed by atoms with van der Waals surface area (Å²) in [5, 5.41) is 9.03. The lowest BCUT2D eigenvalue weighted by molar-refractivity contribution is 0.0696. The Hall–Kier alpha value is -3.32. The van der Waals surface area contributed by atoms with Crippen LogP contribution in [0.2, 0.25) is 0 Å². The standard InChI is InChI=1S/C21H19NO5S/c1-14-6-7-15(2)20(12-14)22-28(25,26)19-10-8-17(9-11-19)27-18-5-3-4-16(13-18)21(23)24/h3-13,22H,1-2H3,(H,23,24). The van der Waals surface area contributed by atoms with Gasteiger partial charge in [-0.1, -0.05) is 18.2 Å². The minimum Gasteiger partial charge on any atom is -0.478 e. The molecule has 3 rings (SSSR count). The van der Waals surface area contributed by atoms with E-state index in [9.17, 15) is 13.2 Å². The summed E-state index contributed by atoms with van der Waals surface area (Å²) in [4.78, 5) is 11.1. The van der Waals surface area contributed by atoms with Crippen LogP contribution in [-0.2, 0) is 10.0 Å². The summed E-state index contributed by atoms with van der Waals surface area (Å²) in [5.41, 5.74) is 2.42. The zero-order valence-corrected chi connectivity index (χ0v) is 16.2. The number of carbonyl (C=O) groups is 1. The molecule has 0 aliphatic heterocycles. The molecule has 0 radical (unpaired) electrons. The fraction of sp³-hybridized carbons (Fsp3) is 0.0952. The zero-order valence-electron chi connectivity index (χ0n) is 15.3. The van der Waals surface area contributed by atoms with E-state index in [2.05, 4.69) is 4.72 Å². The second-order valence-electron chi connectivity index (χ2n) is 6.33. The summed E-state index contributed by atoms with van der Waals surface area (Å²) < 4.78 is 33.5. The molecule has 0 bridgehead atoms. The number of carboxylic acids is 1. The normalized spacial score (nSPS) is 11.1. The highest BCUT2D eigenvalue weighted by Crippen LogP contribution is 2.25. The molecule has 0 saturated heterocycles. The maximum Gasteiger partial charge on any atom is 0.335 e. The van der Waals surface area contributed by atoms with Crippen LogP contribution in [-0.4, -0.2) is 19.5 Å². The molecule has 0 fully saturated rings. The number of aryl methyl sites for hydroxylation is 2. The van der Waals surface area contributed by atoms with Crippen molar-refractivity contribution in [1.29, 1.82) is 0 Å². The Morgan fingerprint density at radius 3 is 2.32 bits per heavy atom. The molecule has 0 aromatic heterocycles. The first kappa shape index (κ1) is 19.4. The molecule has 28 heavy (non-hydrogen) atoms. The van der Waals surface area contributed by atoms with E-state index in [1.54, 1.807) is 18.2 Å². The Bertz CT molecular complexity index is 1120. The van der Waals surface area contributed by atoms with E-state index >= 15 is 0 Å². The number of anilines is 1. The Morgan fingerprint density at radius 2 is 1.64 bits per heavy atom. The quantitative estimate of drug-likeness (QED) is 0.634. The van der Waals surface area contributed by atoms with E-state index in [-0.39, 0.29) is 10.5 Å². The van der Waals surface area contributed by atoms with Crippen LogP contribution in [0, 0.1) is 13.8 Å².